The number of hydrogen-bond donors (Lipinski definition) is 1. The Morgan fingerprint density at radius 2 is 2.25 bits per heavy atom. The van der Waals surface area contributed by atoms with Crippen LogP contribution in [0.2, 0.25) is 0 Å². The van der Waals surface area contributed by atoms with Crippen LogP contribution in [0.25, 0.3) is 0 Å². The monoisotopic (exact) mass is 370 g/mol. The lowest BCUT2D eigenvalue weighted by atomic mass is 10.2. The Bertz CT molecular complexity index is 715. The molecule has 0 spiro atoms. The summed E-state index contributed by atoms with van der Waals surface area (Å²) < 4.78 is 33.2. The number of nitrogens with zero attached hydrogens (tertiary/aromatic N) is 1. The Morgan fingerprint density at radius 1 is 1.42 bits per heavy atom. The molecule has 0 saturated carbocycles. The number of anilines is 1. The van der Waals surface area contributed by atoms with Crippen LogP contribution in [0.3, 0.4) is 0 Å². The summed E-state index contributed by atoms with van der Waals surface area (Å²) in [4.78, 5) is 14.7. The fourth-order valence-corrected chi connectivity index (χ4v) is 5.00. The van der Waals surface area contributed by atoms with E-state index in [4.69, 9.17) is 4.74 Å². The van der Waals surface area contributed by atoms with Gasteiger partial charge in [-0.15, -0.1) is 11.8 Å². The first-order valence-electron chi connectivity index (χ1n) is 8.13. The third-order valence-electron chi connectivity index (χ3n) is 4.22. The summed E-state index contributed by atoms with van der Waals surface area (Å²) in [6, 6.07) is 5.00. The lowest BCUT2D eigenvalue weighted by Crippen LogP contribution is -2.32. The number of hydrogen-bond acceptors (Lipinski definition) is 5. The summed E-state index contributed by atoms with van der Waals surface area (Å²) >= 11 is 1.65. The minimum absolute atomic E-state index is 0.0510. The zero-order chi connectivity index (χ0) is 17.2. The molecule has 0 aliphatic carbocycles. The van der Waals surface area contributed by atoms with Crippen LogP contribution in [0.15, 0.2) is 28.0 Å². The molecule has 3 rings (SSSR count). The lowest BCUT2D eigenvalue weighted by molar-refractivity contribution is -0.116. The number of fused-ring (bicyclic) bond motifs is 1. The Hall–Kier alpha value is -1.09. The van der Waals surface area contributed by atoms with Crippen molar-refractivity contribution in [1.82, 2.24) is 4.72 Å². The normalized spacial score (nSPS) is 21.4. The van der Waals surface area contributed by atoms with Gasteiger partial charge in [0, 0.05) is 31.5 Å². The summed E-state index contributed by atoms with van der Waals surface area (Å²) in [5.74, 6) is 0.848. The second-order valence-electron chi connectivity index (χ2n) is 5.99. The standard InChI is InChI=1S/C16H22N2O4S2/c1-12(19)18-7-3-9-23-16-6-5-14(10-15(16)18)24(20,21)17-11-13-4-2-8-22-13/h5-6,10,13,17H,2-4,7-9,11H2,1H3. The van der Waals surface area contributed by atoms with Crippen LogP contribution < -0.4 is 9.62 Å². The maximum absolute atomic E-state index is 12.6. The molecular formula is C16H22N2O4S2. The van der Waals surface area contributed by atoms with E-state index >= 15 is 0 Å². The zero-order valence-corrected chi connectivity index (χ0v) is 15.3. The van der Waals surface area contributed by atoms with Crippen LogP contribution in [0, 0.1) is 0 Å². The van der Waals surface area contributed by atoms with Gasteiger partial charge in [0.2, 0.25) is 15.9 Å². The van der Waals surface area contributed by atoms with Crippen molar-refractivity contribution in [1.29, 1.82) is 0 Å². The summed E-state index contributed by atoms with van der Waals surface area (Å²) in [5, 5.41) is 0. The Kier molecular flexibility index (Phi) is 5.49. The maximum Gasteiger partial charge on any atom is 0.240 e. The predicted octanol–water partition coefficient (Wildman–Crippen LogP) is 1.99. The number of thioether (sulfide) groups is 1. The number of carbonyl (C=O) groups is 1. The minimum Gasteiger partial charge on any atom is -0.377 e. The van der Waals surface area contributed by atoms with Crippen molar-refractivity contribution in [3.63, 3.8) is 0 Å². The van der Waals surface area contributed by atoms with Gasteiger partial charge in [-0.1, -0.05) is 0 Å². The highest BCUT2D eigenvalue weighted by molar-refractivity contribution is 7.99. The number of carbonyl (C=O) groups excluding carboxylic acids is 1. The molecule has 0 aromatic heterocycles. The molecule has 0 bridgehead atoms. The number of benzene rings is 1. The first kappa shape index (κ1) is 17.7. The Morgan fingerprint density at radius 3 is 2.96 bits per heavy atom. The van der Waals surface area contributed by atoms with Crippen LogP contribution in [0.4, 0.5) is 5.69 Å². The van der Waals surface area contributed by atoms with Crippen molar-refractivity contribution in [2.45, 2.75) is 42.1 Å². The molecule has 1 fully saturated rings. The smallest absolute Gasteiger partial charge is 0.240 e. The van der Waals surface area contributed by atoms with Crippen molar-refractivity contribution in [3.05, 3.63) is 18.2 Å². The topological polar surface area (TPSA) is 75.7 Å². The number of ether oxygens (including phenoxy) is 1. The van der Waals surface area contributed by atoms with Crippen LogP contribution in [-0.2, 0) is 19.6 Å². The zero-order valence-electron chi connectivity index (χ0n) is 13.7. The molecule has 1 aromatic carbocycles. The molecule has 1 atom stereocenters. The molecule has 1 aromatic rings. The van der Waals surface area contributed by atoms with Crippen molar-refractivity contribution in [2.24, 2.45) is 0 Å². The summed E-state index contributed by atoms with van der Waals surface area (Å²) in [7, 11) is -3.62. The largest absolute Gasteiger partial charge is 0.377 e. The van der Waals surface area contributed by atoms with E-state index < -0.39 is 10.0 Å². The van der Waals surface area contributed by atoms with Gasteiger partial charge in [-0.25, -0.2) is 13.1 Å². The van der Waals surface area contributed by atoms with Crippen molar-refractivity contribution >= 4 is 33.4 Å². The molecule has 6 nitrogen and oxygen atoms in total. The van der Waals surface area contributed by atoms with Gasteiger partial charge in [0.15, 0.2) is 0 Å². The molecule has 132 valence electrons. The van der Waals surface area contributed by atoms with E-state index in [1.165, 1.54) is 6.92 Å². The van der Waals surface area contributed by atoms with E-state index in [0.29, 0.717) is 18.8 Å². The van der Waals surface area contributed by atoms with E-state index in [-0.39, 0.29) is 23.5 Å². The molecule has 8 heteroatoms. The van der Waals surface area contributed by atoms with Gasteiger partial charge in [-0.3, -0.25) is 4.79 Å². The fraction of sp³-hybridized carbons (Fsp3) is 0.562. The lowest BCUT2D eigenvalue weighted by Gasteiger charge is -2.21. The number of sulfonamides is 1. The second-order valence-corrected chi connectivity index (χ2v) is 8.89. The predicted molar refractivity (Wildman–Crippen MR) is 94.0 cm³/mol. The Labute approximate surface area is 147 Å². The van der Waals surface area contributed by atoms with Crippen LogP contribution in [0.5, 0.6) is 0 Å². The molecule has 1 amide bonds. The highest BCUT2D eigenvalue weighted by Gasteiger charge is 2.24. The van der Waals surface area contributed by atoms with Gasteiger partial charge in [-0.2, -0.15) is 0 Å². The first-order chi connectivity index (χ1) is 11.5. The number of rotatable bonds is 4. The van der Waals surface area contributed by atoms with E-state index in [1.54, 1.807) is 34.9 Å². The molecule has 1 saturated heterocycles. The summed E-state index contributed by atoms with van der Waals surface area (Å²) in [6.45, 7) is 3.10. The third kappa shape index (κ3) is 3.93. The fourth-order valence-electron chi connectivity index (χ4n) is 2.94. The van der Waals surface area contributed by atoms with Crippen LogP contribution in [-0.4, -0.2) is 45.9 Å². The van der Waals surface area contributed by atoms with Gasteiger partial charge < -0.3 is 9.64 Å². The molecule has 2 heterocycles. The highest BCUT2D eigenvalue weighted by Crippen LogP contribution is 2.35. The highest BCUT2D eigenvalue weighted by atomic mass is 32.2. The number of amides is 1. The molecule has 1 unspecified atom stereocenters. The van der Waals surface area contributed by atoms with Gasteiger partial charge in [0.25, 0.3) is 0 Å². The van der Waals surface area contributed by atoms with Crippen molar-refractivity contribution in [2.75, 3.05) is 30.3 Å². The van der Waals surface area contributed by atoms with E-state index in [1.807, 2.05) is 0 Å². The average Bonchev–Trinajstić information content (AvgIpc) is 2.97. The first-order valence-corrected chi connectivity index (χ1v) is 10.6. The molecule has 24 heavy (non-hydrogen) atoms. The van der Waals surface area contributed by atoms with Gasteiger partial charge in [0.1, 0.15) is 0 Å². The van der Waals surface area contributed by atoms with Gasteiger partial charge >= 0.3 is 0 Å². The van der Waals surface area contributed by atoms with Crippen LogP contribution in [0.1, 0.15) is 26.2 Å². The third-order valence-corrected chi connectivity index (χ3v) is 6.79. The second kappa shape index (κ2) is 7.43. The van der Waals surface area contributed by atoms with Crippen LogP contribution >= 0.6 is 11.8 Å². The number of nitrogens with one attached hydrogen (secondary N) is 1. The van der Waals surface area contributed by atoms with E-state index in [0.717, 1.165) is 29.9 Å². The van der Waals surface area contributed by atoms with Gasteiger partial charge in [0.05, 0.1) is 16.7 Å². The quantitative estimate of drug-likeness (QED) is 0.877. The summed E-state index contributed by atoms with van der Waals surface area (Å²) in [5.41, 5.74) is 0.685. The van der Waals surface area contributed by atoms with Gasteiger partial charge in [-0.05, 0) is 43.2 Å². The minimum atomic E-state index is -3.62. The molecule has 2 aliphatic rings. The SMILES string of the molecule is CC(=O)N1CCCSc2ccc(S(=O)(=O)NCC3CCCO3)cc21. The molecule has 0 radical (unpaired) electrons. The Balaban J connectivity index is 1.84. The molecule has 2 aliphatic heterocycles. The molecule has 1 N–H and O–H groups in total. The van der Waals surface area contributed by atoms with E-state index in [2.05, 4.69) is 4.72 Å². The molecular weight excluding hydrogens is 348 g/mol. The maximum atomic E-state index is 12.6. The van der Waals surface area contributed by atoms with Crippen molar-refractivity contribution in [3.8, 4) is 0 Å². The van der Waals surface area contributed by atoms with E-state index in [9.17, 15) is 13.2 Å². The summed E-state index contributed by atoms with van der Waals surface area (Å²) in [6.07, 6.45) is 2.68. The average molecular weight is 370 g/mol. The van der Waals surface area contributed by atoms with Crippen molar-refractivity contribution < 1.29 is 17.9 Å².